The number of urea groups is 1. The molecule has 0 aliphatic rings. The van der Waals surface area contributed by atoms with Gasteiger partial charge in [0.15, 0.2) is 0 Å². The first-order valence-corrected chi connectivity index (χ1v) is 10.2. The van der Waals surface area contributed by atoms with E-state index >= 15 is 0 Å². The third-order valence-corrected chi connectivity index (χ3v) is 5.12. The lowest BCUT2D eigenvalue weighted by Crippen LogP contribution is -2.42. The van der Waals surface area contributed by atoms with Crippen LogP contribution in [0.25, 0.3) is 0 Å². The number of nitrogens with zero attached hydrogens (tertiary/aromatic N) is 1. The maximum Gasteiger partial charge on any atom is 0.328 e. The quantitative estimate of drug-likeness (QED) is 0.352. The molecule has 2 amide bonds. The van der Waals surface area contributed by atoms with Gasteiger partial charge in [-0.05, 0) is 60.7 Å². The van der Waals surface area contributed by atoms with Crippen molar-refractivity contribution in [2.75, 3.05) is 0 Å². The van der Waals surface area contributed by atoms with E-state index in [1.807, 2.05) is 10.8 Å². The van der Waals surface area contributed by atoms with Crippen LogP contribution in [0.3, 0.4) is 0 Å². The van der Waals surface area contributed by atoms with E-state index in [2.05, 4.69) is 27.9 Å². The number of benzene rings is 2. The first-order valence-electron chi connectivity index (χ1n) is 7.63. The Hall–Kier alpha value is -2.41. The molecule has 0 spiro atoms. The molecule has 0 radical (unpaired) electrons. The lowest BCUT2D eigenvalue weighted by molar-refractivity contribution is -0.385. The van der Waals surface area contributed by atoms with Gasteiger partial charge in [0.25, 0.3) is 15.7 Å². The van der Waals surface area contributed by atoms with Crippen LogP contribution in [0.15, 0.2) is 47.4 Å². The number of amides is 2. The molecule has 11 heteroatoms. The van der Waals surface area contributed by atoms with Gasteiger partial charge in [0, 0.05) is 21.7 Å². The van der Waals surface area contributed by atoms with Crippen molar-refractivity contribution < 1.29 is 22.9 Å². The van der Waals surface area contributed by atoms with Crippen molar-refractivity contribution in [3.8, 4) is 11.5 Å². The molecule has 9 nitrogen and oxygen atoms in total. The Balaban J connectivity index is 2.46. The Morgan fingerprint density at radius 2 is 1.93 bits per heavy atom. The second-order valence-corrected chi connectivity index (χ2v) is 8.58. The van der Waals surface area contributed by atoms with Gasteiger partial charge in [0.1, 0.15) is 16.4 Å². The fourth-order valence-electron chi connectivity index (χ4n) is 2.03. The highest BCUT2D eigenvalue weighted by molar-refractivity contribution is 14.1. The SMILES string of the molecule is CC(C)NC(=O)NS(=O)(=O)c1cc([N+](=O)[O-])ccc1Oc1cccc(I)c1. The topological polar surface area (TPSA) is 128 Å². The normalized spacial score (nSPS) is 11.1. The number of carbonyl (C=O) groups is 1. The minimum absolute atomic E-state index is 0.146. The molecule has 0 fully saturated rings. The molecular formula is C16H16IN3O6S. The number of hydrogen-bond donors (Lipinski definition) is 2. The van der Waals surface area contributed by atoms with Crippen molar-refractivity contribution in [1.82, 2.24) is 10.0 Å². The van der Waals surface area contributed by atoms with Crippen molar-refractivity contribution in [1.29, 1.82) is 0 Å². The van der Waals surface area contributed by atoms with Gasteiger partial charge in [-0.15, -0.1) is 0 Å². The zero-order valence-corrected chi connectivity index (χ0v) is 17.3. The van der Waals surface area contributed by atoms with Crippen LogP contribution in [0.5, 0.6) is 11.5 Å². The maximum absolute atomic E-state index is 12.6. The number of hydrogen-bond acceptors (Lipinski definition) is 6. The zero-order valence-electron chi connectivity index (χ0n) is 14.3. The van der Waals surface area contributed by atoms with Crippen molar-refractivity contribution in [2.24, 2.45) is 0 Å². The Kier molecular flexibility index (Phi) is 6.59. The molecule has 2 N–H and O–H groups in total. The van der Waals surface area contributed by atoms with E-state index in [4.69, 9.17) is 4.74 Å². The van der Waals surface area contributed by atoms with Gasteiger partial charge in [0.2, 0.25) is 0 Å². The van der Waals surface area contributed by atoms with Crippen LogP contribution >= 0.6 is 22.6 Å². The van der Waals surface area contributed by atoms with Gasteiger partial charge in [-0.1, -0.05) is 6.07 Å². The predicted octanol–water partition coefficient (Wildman–Crippen LogP) is 3.39. The second kappa shape index (κ2) is 8.52. The van der Waals surface area contributed by atoms with E-state index in [9.17, 15) is 23.3 Å². The standard InChI is InChI=1S/C16H16IN3O6S/c1-10(2)18-16(21)19-27(24,25)15-9-12(20(22)23)6-7-14(15)26-13-5-3-4-11(17)8-13/h3-10H,1-2H3,(H2,18,19,21). The molecule has 2 aromatic carbocycles. The van der Waals surface area contributed by atoms with Gasteiger partial charge in [0.05, 0.1) is 4.92 Å². The van der Waals surface area contributed by atoms with E-state index in [1.165, 1.54) is 6.07 Å². The third-order valence-electron chi connectivity index (χ3n) is 3.10. The lowest BCUT2D eigenvalue weighted by atomic mass is 10.3. The summed E-state index contributed by atoms with van der Waals surface area (Å²) in [5, 5.41) is 13.4. The minimum Gasteiger partial charge on any atom is -0.456 e. The van der Waals surface area contributed by atoms with Gasteiger partial charge < -0.3 is 10.1 Å². The van der Waals surface area contributed by atoms with Crippen molar-refractivity contribution >= 4 is 44.3 Å². The minimum atomic E-state index is -4.42. The Bertz CT molecular complexity index is 978. The molecule has 0 heterocycles. The number of carbonyl (C=O) groups excluding carboxylic acids is 1. The average Bonchev–Trinajstić information content (AvgIpc) is 2.53. The van der Waals surface area contributed by atoms with Crippen LogP contribution < -0.4 is 14.8 Å². The number of nitro groups is 1. The monoisotopic (exact) mass is 505 g/mol. The number of nitrogens with one attached hydrogen (secondary N) is 2. The average molecular weight is 505 g/mol. The highest BCUT2D eigenvalue weighted by Crippen LogP contribution is 2.32. The molecule has 27 heavy (non-hydrogen) atoms. The smallest absolute Gasteiger partial charge is 0.328 e. The molecule has 0 aliphatic heterocycles. The van der Waals surface area contributed by atoms with Crippen LogP contribution in [0, 0.1) is 13.7 Å². The Labute approximate surface area is 169 Å². The fraction of sp³-hybridized carbons (Fsp3) is 0.188. The van der Waals surface area contributed by atoms with E-state index in [-0.39, 0.29) is 11.8 Å². The largest absolute Gasteiger partial charge is 0.456 e. The van der Waals surface area contributed by atoms with Crippen molar-refractivity contribution in [2.45, 2.75) is 24.8 Å². The van der Waals surface area contributed by atoms with Crippen LogP contribution in [0.1, 0.15) is 13.8 Å². The maximum atomic E-state index is 12.6. The molecule has 0 aliphatic carbocycles. The summed E-state index contributed by atoms with van der Waals surface area (Å²) < 4.78 is 33.5. The fourth-order valence-corrected chi connectivity index (χ4v) is 3.61. The first kappa shape index (κ1) is 20.9. The van der Waals surface area contributed by atoms with Crippen molar-refractivity contribution in [3.05, 3.63) is 56.1 Å². The van der Waals surface area contributed by atoms with Crippen LogP contribution in [-0.4, -0.2) is 25.4 Å². The number of non-ortho nitro benzene ring substituents is 1. The summed E-state index contributed by atoms with van der Waals surface area (Å²) in [6, 6.07) is 8.70. The number of ether oxygens (including phenoxy) is 1. The first-order chi connectivity index (χ1) is 12.6. The molecule has 0 aromatic heterocycles. The molecule has 0 atom stereocenters. The molecule has 0 unspecified atom stereocenters. The Morgan fingerprint density at radius 3 is 2.52 bits per heavy atom. The molecule has 2 aromatic rings. The van der Waals surface area contributed by atoms with Crippen LogP contribution in [0.4, 0.5) is 10.5 Å². The van der Waals surface area contributed by atoms with Gasteiger partial charge in [-0.2, -0.15) is 0 Å². The number of nitro benzene ring substituents is 1. The third kappa shape index (κ3) is 5.79. The molecule has 0 bridgehead atoms. The summed E-state index contributed by atoms with van der Waals surface area (Å²) >= 11 is 2.06. The van der Waals surface area contributed by atoms with Gasteiger partial charge in [-0.3, -0.25) is 10.1 Å². The van der Waals surface area contributed by atoms with E-state index in [0.717, 1.165) is 15.7 Å². The summed E-state index contributed by atoms with van der Waals surface area (Å²) in [6.45, 7) is 3.32. The molecule has 144 valence electrons. The Morgan fingerprint density at radius 1 is 1.22 bits per heavy atom. The van der Waals surface area contributed by atoms with Gasteiger partial charge in [-0.25, -0.2) is 17.9 Å². The van der Waals surface area contributed by atoms with E-state index in [0.29, 0.717) is 5.75 Å². The number of rotatable bonds is 6. The highest BCUT2D eigenvalue weighted by Gasteiger charge is 2.26. The zero-order chi connectivity index (χ0) is 20.2. The summed E-state index contributed by atoms with van der Waals surface area (Å²) in [4.78, 5) is 21.6. The second-order valence-electron chi connectivity index (χ2n) is 5.68. The summed E-state index contributed by atoms with van der Waals surface area (Å²) in [5.41, 5.74) is -0.449. The molecule has 0 saturated heterocycles. The van der Waals surface area contributed by atoms with Crippen molar-refractivity contribution in [3.63, 3.8) is 0 Å². The molecule has 2 rings (SSSR count). The highest BCUT2D eigenvalue weighted by atomic mass is 127. The summed E-state index contributed by atoms with van der Waals surface area (Å²) in [5.74, 6) is 0.200. The lowest BCUT2D eigenvalue weighted by Gasteiger charge is -2.14. The predicted molar refractivity (Wildman–Crippen MR) is 106 cm³/mol. The van der Waals surface area contributed by atoms with E-state index < -0.39 is 31.6 Å². The molecular weight excluding hydrogens is 489 g/mol. The summed E-state index contributed by atoms with van der Waals surface area (Å²) in [6.07, 6.45) is 0. The summed E-state index contributed by atoms with van der Waals surface area (Å²) in [7, 11) is -4.42. The number of sulfonamides is 1. The van der Waals surface area contributed by atoms with E-state index in [1.54, 1.807) is 32.0 Å². The number of halogens is 1. The van der Waals surface area contributed by atoms with Crippen LogP contribution in [-0.2, 0) is 10.0 Å². The van der Waals surface area contributed by atoms with Crippen LogP contribution in [0.2, 0.25) is 0 Å². The molecule has 0 saturated carbocycles. The van der Waals surface area contributed by atoms with Gasteiger partial charge >= 0.3 is 6.03 Å².